The van der Waals surface area contributed by atoms with E-state index in [9.17, 15) is 0 Å². The van der Waals surface area contributed by atoms with Gasteiger partial charge in [0.2, 0.25) is 0 Å². The normalized spacial score (nSPS) is 18.2. The Kier molecular flexibility index (Phi) is 6.60. The number of benzene rings is 6. The summed E-state index contributed by atoms with van der Waals surface area (Å²) in [4.78, 5) is 5.02. The zero-order valence-electron chi connectivity index (χ0n) is 26.5. The maximum atomic E-state index is 2.52. The van der Waals surface area contributed by atoms with Crippen LogP contribution in [0.3, 0.4) is 0 Å². The molecule has 0 saturated heterocycles. The predicted molar refractivity (Wildman–Crippen MR) is 194 cm³/mol. The minimum atomic E-state index is 0.173. The largest absolute Gasteiger partial charge is 0.330 e. The zero-order chi connectivity index (χ0) is 30.7. The number of allylic oxidation sites excluding steroid dienone is 6. The van der Waals surface area contributed by atoms with Crippen LogP contribution in [0.15, 0.2) is 156 Å². The van der Waals surface area contributed by atoms with E-state index >= 15 is 0 Å². The standard InChI is InChI=1S/C43H38N2/c1-28-23-29(2)26-36(25-28)44(34-11-7-5-8-12-34)39-21-17-32-16-20-38-40(22-18-33-15-19-37(39)42(32)43(33)38)45(35-13-9-6-10-14-35)41-27-30(3)24-31(41)4/h5-25,27,29,41H,26H2,1-4H3. The Morgan fingerprint density at radius 3 is 1.71 bits per heavy atom. The molecule has 2 unspecified atom stereocenters. The number of para-hydroxylation sites is 2. The lowest BCUT2D eigenvalue weighted by Gasteiger charge is -2.34. The zero-order valence-corrected chi connectivity index (χ0v) is 26.5. The summed E-state index contributed by atoms with van der Waals surface area (Å²) in [6, 6.07) is 40.5. The fraction of sp³-hybridized carbons (Fsp3) is 0.163. The van der Waals surface area contributed by atoms with Crippen LogP contribution in [-0.4, -0.2) is 6.04 Å². The molecule has 0 aromatic heterocycles. The first-order valence-corrected chi connectivity index (χ1v) is 16.1. The molecule has 0 aliphatic heterocycles. The lowest BCUT2D eigenvalue weighted by Crippen LogP contribution is -2.29. The van der Waals surface area contributed by atoms with Crippen LogP contribution in [0.4, 0.5) is 22.7 Å². The summed E-state index contributed by atoms with van der Waals surface area (Å²) >= 11 is 0. The van der Waals surface area contributed by atoms with Crippen LogP contribution in [0.2, 0.25) is 0 Å². The molecule has 220 valence electrons. The Balaban J connectivity index is 1.39. The van der Waals surface area contributed by atoms with Gasteiger partial charge in [0.15, 0.2) is 0 Å². The quantitative estimate of drug-likeness (QED) is 0.180. The van der Waals surface area contributed by atoms with E-state index in [0.29, 0.717) is 5.92 Å². The van der Waals surface area contributed by atoms with Gasteiger partial charge in [0.1, 0.15) is 0 Å². The molecule has 2 aliphatic rings. The van der Waals surface area contributed by atoms with Crippen molar-refractivity contribution in [2.75, 3.05) is 9.80 Å². The molecule has 0 N–H and O–H groups in total. The van der Waals surface area contributed by atoms with Crippen LogP contribution in [0, 0.1) is 5.92 Å². The number of hydrogen-bond acceptors (Lipinski definition) is 2. The van der Waals surface area contributed by atoms with Gasteiger partial charge in [-0.25, -0.2) is 0 Å². The lowest BCUT2D eigenvalue weighted by atomic mass is 9.90. The summed E-state index contributed by atoms with van der Waals surface area (Å²) in [6.07, 6.45) is 10.5. The SMILES string of the molecule is CC1=CC(C)CC(N(c2ccccc2)c2ccc3ccc4c(N(c5ccccc5)C5C=C(C)C=C5C)ccc5ccc2c3c54)=C1. The fourth-order valence-corrected chi connectivity index (χ4v) is 7.76. The third-order valence-corrected chi connectivity index (χ3v) is 9.55. The van der Waals surface area contributed by atoms with Crippen LogP contribution in [0.25, 0.3) is 32.3 Å². The van der Waals surface area contributed by atoms with E-state index in [-0.39, 0.29) is 6.04 Å². The third-order valence-electron chi connectivity index (χ3n) is 9.55. The van der Waals surface area contributed by atoms with Gasteiger partial charge in [-0.1, -0.05) is 109 Å². The highest BCUT2D eigenvalue weighted by molar-refractivity contribution is 6.27. The van der Waals surface area contributed by atoms with E-state index in [1.165, 1.54) is 77.5 Å². The van der Waals surface area contributed by atoms with Gasteiger partial charge in [0.05, 0.1) is 11.7 Å². The van der Waals surface area contributed by atoms with Crippen LogP contribution < -0.4 is 9.80 Å². The second kappa shape index (κ2) is 10.8. The van der Waals surface area contributed by atoms with E-state index in [0.717, 1.165) is 6.42 Å². The average Bonchev–Trinajstić information content (AvgIpc) is 3.38. The molecule has 6 aromatic carbocycles. The van der Waals surface area contributed by atoms with Gasteiger partial charge in [-0.2, -0.15) is 0 Å². The minimum Gasteiger partial charge on any atom is -0.330 e. The summed E-state index contributed by atoms with van der Waals surface area (Å²) < 4.78 is 0. The predicted octanol–water partition coefficient (Wildman–Crippen LogP) is 12.0. The fourth-order valence-electron chi connectivity index (χ4n) is 7.76. The Morgan fingerprint density at radius 2 is 1.11 bits per heavy atom. The molecule has 8 rings (SSSR count). The van der Waals surface area contributed by atoms with Gasteiger partial charge in [0.25, 0.3) is 0 Å². The van der Waals surface area contributed by atoms with E-state index in [1.54, 1.807) is 0 Å². The minimum absolute atomic E-state index is 0.173. The van der Waals surface area contributed by atoms with Crippen molar-refractivity contribution >= 4 is 55.1 Å². The maximum Gasteiger partial charge on any atom is 0.0741 e. The molecule has 0 radical (unpaired) electrons. The van der Waals surface area contributed by atoms with Crippen molar-refractivity contribution in [1.29, 1.82) is 0 Å². The smallest absolute Gasteiger partial charge is 0.0741 e. The monoisotopic (exact) mass is 582 g/mol. The molecule has 6 aromatic rings. The molecule has 45 heavy (non-hydrogen) atoms. The van der Waals surface area contributed by atoms with Crippen molar-refractivity contribution in [3.05, 3.63) is 156 Å². The van der Waals surface area contributed by atoms with Crippen molar-refractivity contribution in [1.82, 2.24) is 0 Å². The average molecular weight is 583 g/mol. The molecular weight excluding hydrogens is 544 g/mol. The molecule has 0 heterocycles. The highest BCUT2D eigenvalue weighted by atomic mass is 15.2. The Labute approximate surface area is 266 Å². The van der Waals surface area contributed by atoms with Crippen LogP contribution in [-0.2, 0) is 0 Å². The second-order valence-electron chi connectivity index (χ2n) is 12.9. The lowest BCUT2D eigenvalue weighted by molar-refractivity contribution is 0.689. The highest BCUT2D eigenvalue weighted by Crippen LogP contribution is 2.47. The van der Waals surface area contributed by atoms with Crippen molar-refractivity contribution in [2.45, 2.75) is 40.2 Å². The van der Waals surface area contributed by atoms with Crippen LogP contribution in [0.1, 0.15) is 34.1 Å². The topological polar surface area (TPSA) is 6.48 Å². The van der Waals surface area contributed by atoms with Crippen LogP contribution in [0.5, 0.6) is 0 Å². The number of hydrogen-bond donors (Lipinski definition) is 0. The van der Waals surface area contributed by atoms with Crippen molar-refractivity contribution in [2.24, 2.45) is 5.92 Å². The Bertz CT molecular complexity index is 2180. The molecular formula is C43H38N2. The molecule has 0 saturated carbocycles. The molecule has 2 heteroatoms. The summed E-state index contributed by atoms with van der Waals surface area (Å²) in [5, 5.41) is 7.79. The van der Waals surface area contributed by atoms with Crippen LogP contribution >= 0.6 is 0 Å². The van der Waals surface area contributed by atoms with Gasteiger partial charge in [-0.15, -0.1) is 0 Å². The first-order valence-electron chi connectivity index (χ1n) is 16.1. The number of anilines is 4. The summed E-state index contributed by atoms with van der Waals surface area (Å²) in [6.45, 7) is 9.00. The molecule has 0 amide bonds. The van der Waals surface area contributed by atoms with E-state index in [1.807, 2.05) is 0 Å². The molecule has 2 aliphatic carbocycles. The Morgan fingerprint density at radius 1 is 0.556 bits per heavy atom. The van der Waals surface area contributed by atoms with E-state index in [4.69, 9.17) is 0 Å². The Hall–Kier alpha value is -5.08. The highest BCUT2D eigenvalue weighted by Gasteiger charge is 2.27. The van der Waals surface area contributed by atoms with E-state index in [2.05, 4.69) is 171 Å². The molecule has 0 spiro atoms. The molecule has 2 nitrogen and oxygen atoms in total. The van der Waals surface area contributed by atoms with Gasteiger partial charge in [-0.05, 0) is 103 Å². The molecule has 0 bridgehead atoms. The van der Waals surface area contributed by atoms with Gasteiger partial charge < -0.3 is 9.80 Å². The van der Waals surface area contributed by atoms with Crippen molar-refractivity contribution in [3.63, 3.8) is 0 Å². The third kappa shape index (κ3) is 4.64. The second-order valence-corrected chi connectivity index (χ2v) is 12.9. The van der Waals surface area contributed by atoms with E-state index < -0.39 is 0 Å². The van der Waals surface area contributed by atoms with Gasteiger partial charge in [0, 0.05) is 33.5 Å². The first-order chi connectivity index (χ1) is 22.0. The number of nitrogens with zero attached hydrogens (tertiary/aromatic N) is 2. The first kappa shape index (κ1) is 27.5. The number of rotatable bonds is 6. The van der Waals surface area contributed by atoms with Gasteiger partial charge >= 0.3 is 0 Å². The summed E-state index contributed by atoms with van der Waals surface area (Å²) in [7, 11) is 0. The summed E-state index contributed by atoms with van der Waals surface area (Å²) in [5.74, 6) is 0.494. The van der Waals surface area contributed by atoms with Crippen molar-refractivity contribution in [3.8, 4) is 0 Å². The molecule has 0 fully saturated rings. The molecule has 2 atom stereocenters. The van der Waals surface area contributed by atoms with Crippen molar-refractivity contribution < 1.29 is 0 Å². The van der Waals surface area contributed by atoms with Gasteiger partial charge in [-0.3, -0.25) is 0 Å². The maximum absolute atomic E-state index is 2.52. The summed E-state index contributed by atoms with van der Waals surface area (Å²) in [5.41, 5.74) is 10.2.